The minimum absolute atomic E-state index is 1.18. The number of unbranched alkanes of at least 4 members (excludes halogenated alkanes) is 2. The highest BCUT2D eigenvalue weighted by Gasteiger charge is 2.01. The van der Waals surface area contributed by atoms with Crippen molar-refractivity contribution in [2.24, 2.45) is 0 Å². The minimum atomic E-state index is 1.18. The quantitative estimate of drug-likeness (QED) is 0.662. The Hall–Kier alpha value is -0.980. The van der Waals surface area contributed by atoms with E-state index in [1.54, 1.807) is 0 Å². The summed E-state index contributed by atoms with van der Waals surface area (Å²) in [5.41, 5.74) is 1.20. The Morgan fingerprint density at radius 2 is 1.86 bits per heavy atom. The fourth-order valence-electron chi connectivity index (χ4n) is 1.47. The third-order valence-corrected chi connectivity index (χ3v) is 2.29. The van der Waals surface area contributed by atoms with Crippen LogP contribution < -0.4 is 5.32 Å². The maximum Gasteiger partial charge on any atom is 0.0572 e. The van der Waals surface area contributed by atoms with Crippen molar-refractivity contribution in [1.29, 1.82) is 0 Å². The fourth-order valence-corrected chi connectivity index (χ4v) is 1.47. The highest BCUT2D eigenvalue weighted by molar-refractivity contribution is 5.45. The van der Waals surface area contributed by atoms with Gasteiger partial charge in [-0.05, 0) is 25.5 Å². The number of benzene rings is 1. The van der Waals surface area contributed by atoms with Gasteiger partial charge in [-0.3, -0.25) is 0 Å². The lowest BCUT2D eigenvalue weighted by molar-refractivity contribution is 0.680. The van der Waals surface area contributed by atoms with Gasteiger partial charge in [0.2, 0.25) is 0 Å². The molecule has 0 fully saturated rings. The monoisotopic (exact) mass is 190 g/mol. The molecular weight excluding hydrogens is 170 g/mol. The Balaban J connectivity index is 2.23. The maximum atomic E-state index is 3.42. The summed E-state index contributed by atoms with van der Waals surface area (Å²) in [5, 5.41) is 3.42. The van der Waals surface area contributed by atoms with E-state index in [1.165, 1.54) is 37.4 Å². The van der Waals surface area contributed by atoms with Gasteiger partial charge >= 0.3 is 0 Å². The first-order valence-electron chi connectivity index (χ1n) is 5.47. The molecule has 14 heavy (non-hydrogen) atoms. The number of nitrogens with one attached hydrogen (secondary N) is 1. The van der Waals surface area contributed by atoms with Crippen LogP contribution in [-0.2, 0) is 0 Å². The zero-order valence-electron chi connectivity index (χ0n) is 9.22. The first kappa shape index (κ1) is 11.1. The van der Waals surface area contributed by atoms with Crippen molar-refractivity contribution in [3.8, 4) is 0 Å². The number of para-hydroxylation sites is 1. The number of anilines is 1. The molecule has 1 rings (SSSR count). The van der Waals surface area contributed by atoms with Gasteiger partial charge in [-0.1, -0.05) is 44.4 Å². The second-order valence-electron chi connectivity index (χ2n) is 3.73. The standard InChI is InChI=1S/C13H20N/c1-3-4-6-9-12(2)14-13-10-7-5-8-11-13/h5,7-8,10-11,14H,3-4,6,9H2,1-2H3. The van der Waals surface area contributed by atoms with E-state index >= 15 is 0 Å². The van der Waals surface area contributed by atoms with Gasteiger partial charge in [-0.2, -0.15) is 0 Å². The molecule has 0 aromatic heterocycles. The molecule has 0 aliphatic heterocycles. The smallest absolute Gasteiger partial charge is 0.0572 e. The summed E-state index contributed by atoms with van der Waals surface area (Å²) < 4.78 is 0. The fraction of sp³-hybridized carbons (Fsp3) is 0.462. The molecule has 0 bridgehead atoms. The molecule has 0 saturated heterocycles. The van der Waals surface area contributed by atoms with E-state index in [9.17, 15) is 0 Å². The van der Waals surface area contributed by atoms with Gasteiger partial charge in [0.25, 0.3) is 0 Å². The summed E-state index contributed by atoms with van der Waals surface area (Å²) in [5.74, 6) is 0. The van der Waals surface area contributed by atoms with E-state index in [1.807, 2.05) is 6.07 Å². The SMILES string of the molecule is CCCCC[C](C)Nc1ccccc1. The Morgan fingerprint density at radius 1 is 1.14 bits per heavy atom. The van der Waals surface area contributed by atoms with Crippen LogP contribution in [0.2, 0.25) is 0 Å². The van der Waals surface area contributed by atoms with E-state index in [4.69, 9.17) is 0 Å². The maximum absolute atomic E-state index is 3.42. The first-order valence-corrected chi connectivity index (χ1v) is 5.47. The summed E-state index contributed by atoms with van der Waals surface area (Å²) >= 11 is 0. The second-order valence-corrected chi connectivity index (χ2v) is 3.73. The Bertz CT molecular complexity index is 230. The molecule has 1 radical (unpaired) electrons. The van der Waals surface area contributed by atoms with Crippen LogP contribution in [0, 0.1) is 6.04 Å². The highest BCUT2D eigenvalue weighted by atomic mass is 14.9. The third kappa shape index (κ3) is 4.31. The lowest BCUT2D eigenvalue weighted by Gasteiger charge is -2.13. The van der Waals surface area contributed by atoms with E-state index in [0.29, 0.717) is 0 Å². The molecule has 1 nitrogen and oxygen atoms in total. The van der Waals surface area contributed by atoms with Gasteiger partial charge in [0.05, 0.1) is 6.04 Å². The summed E-state index contributed by atoms with van der Waals surface area (Å²) in [6.07, 6.45) is 5.09. The van der Waals surface area contributed by atoms with Crippen molar-refractivity contribution in [2.45, 2.75) is 39.5 Å². The average molecular weight is 190 g/mol. The van der Waals surface area contributed by atoms with E-state index in [-0.39, 0.29) is 0 Å². The number of hydrogen-bond acceptors (Lipinski definition) is 1. The predicted octanol–water partition coefficient (Wildman–Crippen LogP) is 4.23. The minimum Gasteiger partial charge on any atom is -0.378 e. The van der Waals surface area contributed by atoms with Gasteiger partial charge in [-0.25, -0.2) is 0 Å². The lowest BCUT2D eigenvalue weighted by atomic mass is 10.1. The molecule has 1 heteroatoms. The van der Waals surface area contributed by atoms with Crippen LogP contribution in [0.1, 0.15) is 39.5 Å². The summed E-state index contributed by atoms with van der Waals surface area (Å²) in [6, 6.07) is 11.7. The zero-order chi connectivity index (χ0) is 10.2. The third-order valence-electron chi connectivity index (χ3n) is 2.29. The Labute approximate surface area is 87.5 Å². The molecular formula is C13H20N. The molecule has 1 aromatic rings. The van der Waals surface area contributed by atoms with Crippen LogP contribution in [0.15, 0.2) is 30.3 Å². The van der Waals surface area contributed by atoms with Crippen molar-refractivity contribution in [1.82, 2.24) is 0 Å². The second kappa shape index (κ2) is 6.47. The van der Waals surface area contributed by atoms with Crippen LogP contribution in [0.5, 0.6) is 0 Å². The summed E-state index contributed by atoms with van der Waals surface area (Å²) in [4.78, 5) is 0. The lowest BCUT2D eigenvalue weighted by Crippen LogP contribution is -2.05. The molecule has 0 saturated carbocycles. The van der Waals surface area contributed by atoms with Crippen LogP contribution >= 0.6 is 0 Å². The molecule has 1 aromatic carbocycles. The molecule has 1 N–H and O–H groups in total. The van der Waals surface area contributed by atoms with Crippen molar-refractivity contribution in [2.75, 3.05) is 5.32 Å². The molecule has 0 aliphatic carbocycles. The van der Waals surface area contributed by atoms with Crippen molar-refractivity contribution in [3.05, 3.63) is 36.4 Å². The van der Waals surface area contributed by atoms with Gasteiger partial charge in [-0.15, -0.1) is 0 Å². The molecule has 0 unspecified atom stereocenters. The van der Waals surface area contributed by atoms with Gasteiger partial charge in [0, 0.05) is 5.69 Å². The number of hydrogen-bond donors (Lipinski definition) is 1. The van der Waals surface area contributed by atoms with Crippen LogP contribution in [0.25, 0.3) is 0 Å². The van der Waals surface area contributed by atoms with E-state index < -0.39 is 0 Å². The van der Waals surface area contributed by atoms with Gasteiger partial charge in [0.1, 0.15) is 0 Å². The topological polar surface area (TPSA) is 12.0 Å². The summed E-state index contributed by atoms with van der Waals surface area (Å²) in [6.45, 7) is 4.41. The van der Waals surface area contributed by atoms with Crippen LogP contribution in [0.3, 0.4) is 0 Å². The molecule has 0 atom stereocenters. The van der Waals surface area contributed by atoms with Crippen molar-refractivity contribution < 1.29 is 0 Å². The Kier molecular flexibility index (Phi) is 5.13. The zero-order valence-corrected chi connectivity index (χ0v) is 9.22. The average Bonchev–Trinajstić information content (AvgIpc) is 2.20. The normalized spacial score (nSPS) is 10.5. The van der Waals surface area contributed by atoms with Crippen molar-refractivity contribution in [3.63, 3.8) is 0 Å². The van der Waals surface area contributed by atoms with E-state index in [0.717, 1.165) is 0 Å². The van der Waals surface area contributed by atoms with E-state index in [2.05, 4.69) is 43.4 Å². The van der Waals surface area contributed by atoms with Crippen molar-refractivity contribution >= 4 is 5.69 Å². The van der Waals surface area contributed by atoms with Crippen LogP contribution in [0.4, 0.5) is 5.69 Å². The Morgan fingerprint density at radius 3 is 2.50 bits per heavy atom. The van der Waals surface area contributed by atoms with Gasteiger partial charge < -0.3 is 5.32 Å². The highest BCUT2D eigenvalue weighted by Crippen LogP contribution is 2.15. The van der Waals surface area contributed by atoms with Crippen LogP contribution in [-0.4, -0.2) is 0 Å². The van der Waals surface area contributed by atoms with Gasteiger partial charge in [0.15, 0.2) is 0 Å². The molecule has 0 spiro atoms. The summed E-state index contributed by atoms with van der Waals surface area (Å²) in [7, 11) is 0. The predicted molar refractivity (Wildman–Crippen MR) is 63.1 cm³/mol. The number of rotatable bonds is 6. The first-order chi connectivity index (χ1) is 6.83. The largest absolute Gasteiger partial charge is 0.378 e. The molecule has 77 valence electrons. The molecule has 0 amide bonds. The molecule has 0 heterocycles. The molecule has 0 aliphatic rings.